The SMILES string of the molecule is COc1ccc(C)cc1CC(=O)OCC(=O)/C(C#N)=C1\Sc2ccccc2N1C. The number of anilines is 1. The standard InChI is InChI=1S/C22H20N2O4S/c1-14-8-9-19(27-3)15(10-14)11-21(26)28-13-18(25)16(12-23)22-24(2)17-6-4-5-7-20(17)29-22/h4-10H,11,13H2,1-3H3/b22-16-. The number of ether oxygens (including phenoxy) is 2. The molecule has 6 nitrogen and oxygen atoms in total. The highest BCUT2D eigenvalue weighted by Crippen LogP contribution is 2.46. The lowest BCUT2D eigenvalue weighted by molar-refractivity contribution is -0.146. The quantitative estimate of drug-likeness (QED) is 0.410. The average molecular weight is 408 g/mol. The summed E-state index contributed by atoms with van der Waals surface area (Å²) in [5.74, 6) is -0.500. The predicted molar refractivity (Wildman–Crippen MR) is 111 cm³/mol. The fourth-order valence-corrected chi connectivity index (χ4v) is 4.18. The van der Waals surface area contributed by atoms with Crippen LogP contribution in [0.4, 0.5) is 5.69 Å². The zero-order valence-corrected chi connectivity index (χ0v) is 17.2. The Labute approximate surface area is 173 Å². The Balaban J connectivity index is 1.68. The van der Waals surface area contributed by atoms with Crippen LogP contribution in [0.3, 0.4) is 0 Å². The van der Waals surface area contributed by atoms with Crippen molar-refractivity contribution in [1.82, 2.24) is 0 Å². The summed E-state index contributed by atoms with van der Waals surface area (Å²) in [6.45, 7) is 1.43. The number of methoxy groups -OCH3 is 1. The first-order chi connectivity index (χ1) is 13.9. The van der Waals surface area contributed by atoms with E-state index in [1.54, 1.807) is 18.0 Å². The molecule has 0 saturated carbocycles. The Kier molecular flexibility index (Phi) is 6.25. The number of benzene rings is 2. The molecule has 2 aromatic carbocycles. The minimum absolute atomic E-state index is 0.0172. The van der Waals surface area contributed by atoms with E-state index in [0.717, 1.165) is 16.1 Å². The number of ketones is 1. The summed E-state index contributed by atoms with van der Waals surface area (Å²) in [6, 6.07) is 15.1. The van der Waals surface area contributed by atoms with Crippen molar-refractivity contribution in [2.45, 2.75) is 18.2 Å². The molecule has 0 spiro atoms. The summed E-state index contributed by atoms with van der Waals surface area (Å²) in [5.41, 5.74) is 2.58. The molecule has 0 saturated heterocycles. The van der Waals surface area contributed by atoms with Crippen LogP contribution in [0.15, 0.2) is 58.0 Å². The smallest absolute Gasteiger partial charge is 0.310 e. The van der Waals surface area contributed by atoms with Gasteiger partial charge >= 0.3 is 5.97 Å². The summed E-state index contributed by atoms with van der Waals surface area (Å²) in [5, 5.41) is 10.1. The van der Waals surface area contributed by atoms with Gasteiger partial charge in [0.15, 0.2) is 6.61 Å². The maximum Gasteiger partial charge on any atom is 0.310 e. The van der Waals surface area contributed by atoms with Crippen LogP contribution in [0.2, 0.25) is 0 Å². The van der Waals surface area contributed by atoms with E-state index in [0.29, 0.717) is 16.3 Å². The van der Waals surface area contributed by atoms with E-state index in [1.807, 2.05) is 49.4 Å². The highest BCUT2D eigenvalue weighted by molar-refractivity contribution is 8.03. The van der Waals surface area contributed by atoms with Crippen LogP contribution in [-0.2, 0) is 20.7 Å². The predicted octanol–water partition coefficient (Wildman–Crippen LogP) is 3.64. The van der Waals surface area contributed by atoms with Gasteiger partial charge in [-0.2, -0.15) is 5.26 Å². The zero-order valence-electron chi connectivity index (χ0n) is 16.4. The second-order valence-corrected chi connectivity index (χ2v) is 7.53. The van der Waals surface area contributed by atoms with E-state index >= 15 is 0 Å². The van der Waals surface area contributed by atoms with E-state index in [2.05, 4.69) is 0 Å². The van der Waals surface area contributed by atoms with Gasteiger partial charge in [0.25, 0.3) is 0 Å². The lowest BCUT2D eigenvalue weighted by Gasteiger charge is -2.14. The van der Waals surface area contributed by atoms with Gasteiger partial charge in [-0.3, -0.25) is 9.59 Å². The van der Waals surface area contributed by atoms with E-state index in [1.165, 1.54) is 18.9 Å². The van der Waals surface area contributed by atoms with Crippen molar-refractivity contribution < 1.29 is 19.1 Å². The molecule has 0 unspecified atom stereocenters. The lowest BCUT2D eigenvalue weighted by Crippen LogP contribution is -2.20. The second-order valence-electron chi connectivity index (χ2n) is 6.50. The molecular weight excluding hydrogens is 388 g/mol. The first-order valence-corrected chi connectivity index (χ1v) is 9.73. The van der Waals surface area contributed by atoms with Gasteiger partial charge in [-0.15, -0.1) is 0 Å². The number of nitrogens with zero attached hydrogens (tertiary/aromatic N) is 2. The van der Waals surface area contributed by atoms with Gasteiger partial charge in [0.2, 0.25) is 5.78 Å². The molecule has 0 fully saturated rings. The Bertz CT molecular complexity index is 1040. The number of para-hydroxylation sites is 1. The van der Waals surface area contributed by atoms with Crippen molar-refractivity contribution in [3.63, 3.8) is 0 Å². The van der Waals surface area contributed by atoms with Crippen LogP contribution in [0, 0.1) is 18.3 Å². The van der Waals surface area contributed by atoms with Gasteiger partial charge in [0.1, 0.15) is 22.4 Å². The third-order valence-corrected chi connectivity index (χ3v) is 5.71. The number of esters is 1. The molecule has 1 aliphatic rings. The van der Waals surface area contributed by atoms with Crippen LogP contribution >= 0.6 is 11.8 Å². The highest BCUT2D eigenvalue weighted by atomic mass is 32.2. The summed E-state index contributed by atoms with van der Waals surface area (Å²) >= 11 is 1.35. The van der Waals surface area contributed by atoms with Crippen molar-refractivity contribution in [2.24, 2.45) is 0 Å². The Morgan fingerprint density at radius 1 is 1.21 bits per heavy atom. The van der Waals surface area contributed by atoms with Crippen molar-refractivity contribution in [3.8, 4) is 11.8 Å². The Hall–Kier alpha value is -3.24. The number of carbonyl (C=O) groups is 2. The molecule has 0 atom stereocenters. The van der Waals surface area contributed by atoms with Crippen LogP contribution in [0.1, 0.15) is 11.1 Å². The molecule has 0 radical (unpaired) electrons. The van der Waals surface area contributed by atoms with Crippen LogP contribution in [0.5, 0.6) is 5.75 Å². The summed E-state index contributed by atoms with van der Waals surface area (Å²) < 4.78 is 10.4. The minimum atomic E-state index is -0.555. The number of hydrogen-bond acceptors (Lipinski definition) is 7. The molecule has 3 rings (SSSR count). The van der Waals surface area contributed by atoms with Gasteiger partial charge in [-0.05, 0) is 25.1 Å². The van der Waals surface area contributed by atoms with Gasteiger partial charge in [0, 0.05) is 17.5 Å². The lowest BCUT2D eigenvalue weighted by atomic mass is 10.1. The van der Waals surface area contributed by atoms with E-state index in [4.69, 9.17) is 9.47 Å². The van der Waals surface area contributed by atoms with Crippen LogP contribution < -0.4 is 9.64 Å². The molecular formula is C22H20N2O4S. The molecule has 1 heterocycles. The molecule has 2 aromatic rings. The van der Waals surface area contributed by atoms with E-state index in [9.17, 15) is 14.9 Å². The van der Waals surface area contributed by atoms with Crippen molar-refractivity contribution in [2.75, 3.05) is 25.7 Å². The first-order valence-electron chi connectivity index (χ1n) is 8.92. The third-order valence-electron chi connectivity index (χ3n) is 4.48. The van der Waals surface area contributed by atoms with Gasteiger partial charge in [0.05, 0.1) is 19.2 Å². The van der Waals surface area contributed by atoms with Gasteiger partial charge in [-0.25, -0.2) is 0 Å². The molecule has 7 heteroatoms. The number of aryl methyl sites for hydroxylation is 1. The first kappa shape index (κ1) is 20.5. The van der Waals surface area contributed by atoms with Crippen molar-refractivity contribution in [3.05, 3.63) is 64.2 Å². The van der Waals surface area contributed by atoms with Crippen molar-refractivity contribution >= 4 is 29.2 Å². The number of Topliss-reactive ketones (excluding diaryl/α,β-unsaturated/α-hetero) is 1. The van der Waals surface area contributed by atoms with Gasteiger partial charge < -0.3 is 14.4 Å². The molecule has 1 aliphatic heterocycles. The Morgan fingerprint density at radius 2 is 1.97 bits per heavy atom. The molecule has 0 N–H and O–H groups in total. The van der Waals surface area contributed by atoms with E-state index in [-0.39, 0.29) is 12.0 Å². The summed E-state index contributed by atoms with van der Waals surface area (Å²) in [7, 11) is 3.33. The number of fused-ring (bicyclic) bond motifs is 1. The molecule has 148 valence electrons. The van der Waals surface area contributed by atoms with Crippen LogP contribution in [-0.4, -0.2) is 32.5 Å². The zero-order chi connectivity index (χ0) is 21.0. The molecule has 29 heavy (non-hydrogen) atoms. The van der Waals surface area contributed by atoms with Crippen LogP contribution in [0.25, 0.3) is 0 Å². The number of carbonyl (C=O) groups excluding carboxylic acids is 2. The molecule has 0 amide bonds. The normalized spacial score (nSPS) is 14.1. The fraction of sp³-hybridized carbons (Fsp3) is 0.227. The monoisotopic (exact) mass is 408 g/mol. The number of hydrogen-bond donors (Lipinski definition) is 0. The van der Waals surface area contributed by atoms with E-state index < -0.39 is 18.4 Å². The number of nitriles is 1. The number of thioether (sulfide) groups is 1. The third kappa shape index (κ3) is 4.44. The molecule has 0 aliphatic carbocycles. The topological polar surface area (TPSA) is 79.6 Å². The molecule has 0 aromatic heterocycles. The highest BCUT2D eigenvalue weighted by Gasteiger charge is 2.28. The number of rotatable bonds is 6. The largest absolute Gasteiger partial charge is 0.496 e. The minimum Gasteiger partial charge on any atom is -0.496 e. The average Bonchev–Trinajstić information content (AvgIpc) is 3.04. The maximum atomic E-state index is 12.6. The summed E-state index contributed by atoms with van der Waals surface area (Å²) in [4.78, 5) is 27.6. The van der Waals surface area contributed by atoms with Crippen molar-refractivity contribution in [1.29, 1.82) is 5.26 Å². The van der Waals surface area contributed by atoms with Gasteiger partial charge in [-0.1, -0.05) is 41.6 Å². The maximum absolute atomic E-state index is 12.6. The fourth-order valence-electron chi connectivity index (χ4n) is 3.02. The summed E-state index contributed by atoms with van der Waals surface area (Å²) in [6.07, 6.45) is -0.0172. The Morgan fingerprint density at radius 3 is 2.66 bits per heavy atom. The second kappa shape index (κ2) is 8.84. The molecule has 0 bridgehead atoms.